The third-order valence-corrected chi connectivity index (χ3v) is 5.17. The summed E-state index contributed by atoms with van der Waals surface area (Å²) in [5.41, 5.74) is 5.23. The van der Waals surface area contributed by atoms with Crippen molar-refractivity contribution in [1.82, 2.24) is 9.97 Å². The van der Waals surface area contributed by atoms with E-state index in [1.165, 1.54) is 0 Å². The van der Waals surface area contributed by atoms with Crippen LogP contribution in [0.2, 0.25) is 0 Å². The fraction of sp³-hybridized carbons (Fsp3) is 0.0385. The minimum Gasteiger partial charge on any atom is -0.496 e. The lowest BCUT2D eigenvalue weighted by Crippen LogP contribution is -1.89. The molecule has 0 aliphatic rings. The molecule has 0 amide bonds. The molecule has 0 fully saturated rings. The van der Waals surface area contributed by atoms with Gasteiger partial charge in [0.15, 0.2) is 0 Å². The van der Waals surface area contributed by atoms with Crippen LogP contribution in [0.3, 0.4) is 0 Å². The van der Waals surface area contributed by atoms with E-state index >= 15 is 0 Å². The van der Waals surface area contributed by atoms with Crippen LogP contribution in [-0.4, -0.2) is 17.1 Å². The quantitative estimate of drug-likeness (QED) is 0.385. The molecule has 0 unspecified atom stereocenters. The molecule has 1 heterocycles. The van der Waals surface area contributed by atoms with Gasteiger partial charge in [-0.2, -0.15) is 0 Å². The van der Waals surface area contributed by atoms with Crippen molar-refractivity contribution < 1.29 is 4.74 Å². The van der Waals surface area contributed by atoms with E-state index in [0.717, 1.165) is 50.4 Å². The van der Waals surface area contributed by atoms with Gasteiger partial charge < -0.3 is 9.72 Å². The summed E-state index contributed by atoms with van der Waals surface area (Å²) in [5, 5.41) is 2.19. The number of hydrogen-bond donors (Lipinski definition) is 1. The van der Waals surface area contributed by atoms with Crippen molar-refractivity contribution in [2.45, 2.75) is 0 Å². The number of nitrogens with one attached hydrogen (secondary N) is 1. The molecule has 5 rings (SSSR count). The van der Waals surface area contributed by atoms with Crippen molar-refractivity contribution in [2.75, 3.05) is 7.11 Å². The highest BCUT2D eigenvalue weighted by Crippen LogP contribution is 2.37. The van der Waals surface area contributed by atoms with Crippen molar-refractivity contribution in [1.29, 1.82) is 0 Å². The molecule has 0 spiro atoms. The largest absolute Gasteiger partial charge is 0.496 e. The average Bonchev–Trinajstić information content (AvgIpc) is 3.25. The molecule has 0 aliphatic carbocycles. The molecule has 0 saturated heterocycles. The van der Waals surface area contributed by atoms with Crippen LogP contribution in [0.15, 0.2) is 97.1 Å². The molecule has 0 atom stereocenters. The zero-order chi connectivity index (χ0) is 19.6. The predicted molar refractivity (Wildman–Crippen MR) is 119 cm³/mol. The molecule has 1 aromatic heterocycles. The number of imidazole rings is 1. The standard InChI is InChI=1S/C26H20N2O/c1-29-23-17-16-22(20-14-8-9-15-21(20)23)26-27-24(18-10-4-2-5-11-18)25(28-26)19-12-6-3-7-13-19/h2-17H,1H3,(H,27,28). The number of aromatic nitrogens is 2. The Morgan fingerprint density at radius 3 is 1.97 bits per heavy atom. The Bertz CT molecular complexity index is 1220. The van der Waals surface area contributed by atoms with Gasteiger partial charge in [0.1, 0.15) is 11.6 Å². The number of benzene rings is 4. The van der Waals surface area contributed by atoms with Gasteiger partial charge in [-0.05, 0) is 17.5 Å². The van der Waals surface area contributed by atoms with Gasteiger partial charge in [0.25, 0.3) is 0 Å². The van der Waals surface area contributed by atoms with Crippen LogP contribution in [0.25, 0.3) is 44.7 Å². The number of nitrogens with zero attached hydrogens (tertiary/aromatic N) is 1. The Morgan fingerprint density at radius 2 is 1.28 bits per heavy atom. The zero-order valence-corrected chi connectivity index (χ0v) is 16.1. The molecular formula is C26H20N2O. The van der Waals surface area contributed by atoms with E-state index in [9.17, 15) is 0 Å². The topological polar surface area (TPSA) is 37.9 Å². The van der Waals surface area contributed by atoms with Crippen molar-refractivity contribution in [2.24, 2.45) is 0 Å². The Hall–Kier alpha value is -3.85. The Balaban J connectivity index is 1.76. The summed E-state index contributed by atoms with van der Waals surface area (Å²) in [5.74, 6) is 1.71. The van der Waals surface area contributed by atoms with Crippen LogP contribution >= 0.6 is 0 Å². The summed E-state index contributed by atoms with van der Waals surface area (Å²) >= 11 is 0. The molecule has 0 saturated carbocycles. The molecule has 3 nitrogen and oxygen atoms in total. The van der Waals surface area contributed by atoms with Crippen molar-refractivity contribution in [3.63, 3.8) is 0 Å². The molecule has 0 aliphatic heterocycles. The van der Waals surface area contributed by atoms with Gasteiger partial charge in [-0.25, -0.2) is 4.98 Å². The summed E-state index contributed by atoms with van der Waals surface area (Å²) in [4.78, 5) is 8.63. The van der Waals surface area contributed by atoms with Crippen molar-refractivity contribution in [3.05, 3.63) is 97.1 Å². The maximum absolute atomic E-state index is 5.56. The summed E-state index contributed by atoms with van der Waals surface area (Å²) in [6.07, 6.45) is 0. The average molecular weight is 376 g/mol. The van der Waals surface area contributed by atoms with Crippen LogP contribution in [-0.2, 0) is 0 Å². The number of hydrogen-bond acceptors (Lipinski definition) is 2. The molecule has 29 heavy (non-hydrogen) atoms. The zero-order valence-electron chi connectivity index (χ0n) is 16.1. The first-order valence-corrected chi connectivity index (χ1v) is 9.62. The summed E-state index contributed by atoms with van der Waals surface area (Å²) < 4.78 is 5.56. The highest BCUT2D eigenvalue weighted by molar-refractivity contribution is 5.99. The van der Waals surface area contributed by atoms with Crippen LogP contribution < -0.4 is 4.74 Å². The predicted octanol–water partition coefficient (Wildman–Crippen LogP) is 6.57. The lowest BCUT2D eigenvalue weighted by Gasteiger charge is -2.08. The minimum atomic E-state index is 0.849. The van der Waals surface area contributed by atoms with E-state index in [4.69, 9.17) is 9.72 Å². The van der Waals surface area contributed by atoms with Crippen LogP contribution in [0.1, 0.15) is 0 Å². The van der Waals surface area contributed by atoms with Gasteiger partial charge in [0, 0.05) is 22.1 Å². The highest BCUT2D eigenvalue weighted by Gasteiger charge is 2.17. The summed E-state index contributed by atoms with van der Waals surface area (Å²) in [6.45, 7) is 0. The Morgan fingerprint density at radius 1 is 0.655 bits per heavy atom. The smallest absolute Gasteiger partial charge is 0.139 e. The Labute approximate surface area is 169 Å². The molecule has 5 aromatic rings. The van der Waals surface area contributed by atoms with Gasteiger partial charge in [0.05, 0.1) is 18.5 Å². The molecule has 0 radical (unpaired) electrons. The lowest BCUT2D eigenvalue weighted by molar-refractivity contribution is 0.420. The normalized spacial score (nSPS) is 10.9. The van der Waals surface area contributed by atoms with Gasteiger partial charge >= 0.3 is 0 Å². The molecule has 3 heteroatoms. The second kappa shape index (κ2) is 7.28. The monoisotopic (exact) mass is 376 g/mol. The molecule has 4 aromatic carbocycles. The summed E-state index contributed by atoms with van der Waals surface area (Å²) in [7, 11) is 1.70. The Kier molecular flexibility index (Phi) is 4.34. The molecule has 0 bridgehead atoms. The van der Waals surface area contributed by atoms with Gasteiger partial charge in [-0.1, -0.05) is 84.9 Å². The van der Waals surface area contributed by atoms with Crippen LogP contribution in [0, 0.1) is 0 Å². The van der Waals surface area contributed by atoms with E-state index in [2.05, 4.69) is 47.4 Å². The number of rotatable bonds is 4. The van der Waals surface area contributed by atoms with Gasteiger partial charge in [-0.3, -0.25) is 0 Å². The molecular weight excluding hydrogens is 356 g/mol. The first-order valence-electron chi connectivity index (χ1n) is 9.62. The lowest BCUT2D eigenvalue weighted by atomic mass is 10.0. The minimum absolute atomic E-state index is 0.849. The number of fused-ring (bicyclic) bond motifs is 1. The maximum atomic E-state index is 5.56. The maximum Gasteiger partial charge on any atom is 0.139 e. The first kappa shape index (κ1) is 17.3. The number of methoxy groups -OCH3 is 1. The van der Waals surface area contributed by atoms with Gasteiger partial charge in [-0.15, -0.1) is 0 Å². The third-order valence-electron chi connectivity index (χ3n) is 5.17. The second-order valence-electron chi connectivity index (χ2n) is 6.90. The van der Waals surface area contributed by atoms with E-state index in [1.807, 2.05) is 54.6 Å². The molecule has 1 N–H and O–H groups in total. The van der Waals surface area contributed by atoms with E-state index < -0.39 is 0 Å². The number of aromatic amines is 1. The van der Waals surface area contributed by atoms with E-state index in [1.54, 1.807) is 7.11 Å². The van der Waals surface area contributed by atoms with Crippen molar-refractivity contribution >= 4 is 10.8 Å². The van der Waals surface area contributed by atoms with Crippen LogP contribution in [0.5, 0.6) is 5.75 Å². The third kappa shape index (κ3) is 3.07. The first-order chi connectivity index (χ1) is 14.3. The molecule has 140 valence electrons. The SMILES string of the molecule is COc1ccc(-c2nc(-c3ccccc3)c(-c3ccccc3)[nH]2)c2ccccc12. The fourth-order valence-corrected chi connectivity index (χ4v) is 3.78. The summed E-state index contributed by atoms with van der Waals surface area (Å²) in [6, 6.07) is 33.0. The van der Waals surface area contributed by atoms with E-state index in [-0.39, 0.29) is 0 Å². The van der Waals surface area contributed by atoms with E-state index in [0.29, 0.717) is 0 Å². The number of ether oxygens (including phenoxy) is 1. The van der Waals surface area contributed by atoms with Crippen LogP contribution in [0.4, 0.5) is 0 Å². The number of H-pyrrole nitrogens is 1. The highest BCUT2D eigenvalue weighted by atomic mass is 16.5. The second-order valence-corrected chi connectivity index (χ2v) is 6.90. The van der Waals surface area contributed by atoms with Crippen molar-refractivity contribution in [3.8, 4) is 39.7 Å². The fourth-order valence-electron chi connectivity index (χ4n) is 3.78. The van der Waals surface area contributed by atoms with Gasteiger partial charge in [0.2, 0.25) is 0 Å².